The quantitative estimate of drug-likeness (QED) is 0.214. The third-order valence-corrected chi connectivity index (χ3v) is 4.76. The zero-order valence-electron chi connectivity index (χ0n) is 18.8. The van der Waals surface area contributed by atoms with Crippen molar-refractivity contribution in [2.45, 2.75) is 13.0 Å². The van der Waals surface area contributed by atoms with Crippen LogP contribution in [-0.2, 0) is 11.3 Å². The van der Waals surface area contributed by atoms with Gasteiger partial charge in [-0.15, -0.1) is 0 Å². The van der Waals surface area contributed by atoms with Gasteiger partial charge in [-0.1, -0.05) is 29.8 Å². The standard InChI is InChI=1S/C24H24ClFN6O3/c1-27-21(33)13-14-28-24(34)32-23(29-15-16-5-7-17(25)8-6-16)30-18-9-11-19(12-10-18)35-22-4-2-3-20(26)31-22/h2-12H,13-15H2,1H3,(H,27,33)(H3,28,29,30,32,34). The first-order valence-electron chi connectivity index (χ1n) is 10.6. The molecular formula is C24H24ClFN6O3. The van der Waals surface area contributed by atoms with Crippen molar-refractivity contribution >= 4 is 35.2 Å². The maximum Gasteiger partial charge on any atom is 0.321 e. The van der Waals surface area contributed by atoms with Crippen LogP contribution in [0.3, 0.4) is 0 Å². The van der Waals surface area contributed by atoms with Crippen molar-refractivity contribution in [1.29, 1.82) is 0 Å². The van der Waals surface area contributed by atoms with Crippen LogP contribution in [0.25, 0.3) is 0 Å². The average Bonchev–Trinajstić information content (AvgIpc) is 2.84. The van der Waals surface area contributed by atoms with E-state index in [2.05, 4.69) is 31.2 Å². The minimum atomic E-state index is -0.639. The number of pyridine rings is 1. The molecule has 0 spiro atoms. The highest BCUT2D eigenvalue weighted by atomic mass is 35.5. The second-order valence-corrected chi connectivity index (χ2v) is 7.58. The zero-order valence-corrected chi connectivity index (χ0v) is 19.6. The van der Waals surface area contributed by atoms with Crippen molar-refractivity contribution in [1.82, 2.24) is 26.3 Å². The SMILES string of the molecule is CNC(=O)CCNC(=O)N/C(=N\c1ccc(Oc2cccc(F)n2)cc1)NCc1ccc(Cl)cc1. The Hall–Kier alpha value is -4.18. The van der Waals surface area contributed by atoms with Gasteiger partial charge in [-0.3, -0.25) is 10.1 Å². The Balaban J connectivity index is 1.68. The van der Waals surface area contributed by atoms with Gasteiger partial charge in [0.25, 0.3) is 0 Å². The third kappa shape index (κ3) is 8.94. The number of hydrogen-bond acceptors (Lipinski definition) is 5. The number of hydrogen-bond donors (Lipinski definition) is 4. The minimum absolute atomic E-state index is 0.127. The smallest absolute Gasteiger partial charge is 0.321 e. The second-order valence-electron chi connectivity index (χ2n) is 7.14. The summed E-state index contributed by atoms with van der Waals surface area (Å²) in [4.78, 5) is 31.7. The number of benzene rings is 2. The highest BCUT2D eigenvalue weighted by Gasteiger charge is 2.08. The van der Waals surface area contributed by atoms with Crippen LogP contribution < -0.4 is 26.0 Å². The Morgan fingerprint density at radius 1 is 1.03 bits per heavy atom. The van der Waals surface area contributed by atoms with Crippen LogP contribution in [0.2, 0.25) is 5.02 Å². The van der Waals surface area contributed by atoms with Gasteiger partial charge in [0, 0.05) is 37.6 Å². The molecule has 0 radical (unpaired) electrons. The molecule has 2 aromatic carbocycles. The summed E-state index contributed by atoms with van der Waals surface area (Å²) in [6.45, 7) is 0.539. The molecule has 0 fully saturated rings. The van der Waals surface area contributed by atoms with Crippen LogP contribution in [0.15, 0.2) is 71.7 Å². The van der Waals surface area contributed by atoms with E-state index < -0.39 is 12.0 Å². The number of rotatable bonds is 8. The van der Waals surface area contributed by atoms with Crippen LogP contribution in [0.4, 0.5) is 14.9 Å². The fraction of sp³-hybridized carbons (Fsp3) is 0.167. The molecule has 0 aliphatic rings. The molecule has 0 unspecified atom stereocenters. The average molecular weight is 499 g/mol. The van der Waals surface area contributed by atoms with Crippen LogP contribution in [0, 0.1) is 5.95 Å². The number of amides is 3. The molecule has 11 heteroatoms. The lowest BCUT2D eigenvalue weighted by Gasteiger charge is -2.13. The van der Waals surface area contributed by atoms with Crippen LogP contribution in [0.5, 0.6) is 11.6 Å². The number of carbonyl (C=O) groups excluding carboxylic acids is 2. The first-order chi connectivity index (χ1) is 16.9. The van der Waals surface area contributed by atoms with Gasteiger partial charge in [-0.2, -0.15) is 9.37 Å². The molecule has 0 saturated heterocycles. The highest BCUT2D eigenvalue weighted by Crippen LogP contribution is 2.23. The first-order valence-corrected chi connectivity index (χ1v) is 11.0. The predicted octanol–water partition coefficient (Wildman–Crippen LogP) is 3.88. The summed E-state index contributed by atoms with van der Waals surface area (Å²) in [7, 11) is 1.53. The number of nitrogens with one attached hydrogen (secondary N) is 4. The van der Waals surface area contributed by atoms with Gasteiger partial charge in [0.2, 0.25) is 23.7 Å². The van der Waals surface area contributed by atoms with Gasteiger partial charge < -0.3 is 20.7 Å². The van der Waals surface area contributed by atoms with Gasteiger partial charge >= 0.3 is 6.03 Å². The Morgan fingerprint density at radius 2 is 1.77 bits per heavy atom. The van der Waals surface area contributed by atoms with Gasteiger partial charge in [0.1, 0.15) is 5.75 Å². The number of aromatic nitrogens is 1. The normalized spacial score (nSPS) is 10.9. The van der Waals surface area contributed by atoms with Crippen molar-refractivity contribution in [2.24, 2.45) is 4.99 Å². The van der Waals surface area contributed by atoms with Gasteiger partial charge in [-0.05, 0) is 48.0 Å². The fourth-order valence-corrected chi connectivity index (χ4v) is 2.88. The van der Waals surface area contributed by atoms with Crippen molar-refractivity contribution in [3.05, 3.63) is 83.3 Å². The van der Waals surface area contributed by atoms with Crippen molar-refractivity contribution in [3.63, 3.8) is 0 Å². The third-order valence-electron chi connectivity index (χ3n) is 4.51. The summed E-state index contributed by atoms with van der Waals surface area (Å²) in [5.74, 6) is -0.0623. The van der Waals surface area contributed by atoms with Gasteiger partial charge in [0.05, 0.1) is 5.69 Å². The van der Waals surface area contributed by atoms with E-state index in [4.69, 9.17) is 16.3 Å². The van der Waals surface area contributed by atoms with Crippen LogP contribution in [0.1, 0.15) is 12.0 Å². The molecule has 0 aliphatic heterocycles. The molecule has 0 bridgehead atoms. The van der Waals surface area contributed by atoms with E-state index in [1.807, 2.05) is 12.1 Å². The van der Waals surface area contributed by atoms with Gasteiger partial charge in [0.15, 0.2) is 0 Å². The van der Waals surface area contributed by atoms with E-state index in [-0.39, 0.29) is 30.7 Å². The topological polar surface area (TPSA) is 117 Å². The highest BCUT2D eigenvalue weighted by molar-refractivity contribution is 6.30. The Labute approximate surface area is 206 Å². The molecule has 3 aromatic rings. The van der Waals surface area contributed by atoms with E-state index >= 15 is 0 Å². The summed E-state index contributed by atoms with van der Waals surface area (Å²) < 4.78 is 18.8. The molecule has 3 amide bonds. The summed E-state index contributed by atoms with van der Waals surface area (Å²) in [6, 6.07) is 17.6. The van der Waals surface area contributed by atoms with Crippen LogP contribution >= 0.6 is 11.6 Å². The molecule has 0 saturated carbocycles. The van der Waals surface area contributed by atoms with Crippen molar-refractivity contribution in [2.75, 3.05) is 13.6 Å². The van der Waals surface area contributed by atoms with Crippen molar-refractivity contribution in [3.8, 4) is 11.6 Å². The first kappa shape index (κ1) is 25.4. The maximum absolute atomic E-state index is 13.3. The molecule has 9 nitrogen and oxygen atoms in total. The Bertz CT molecular complexity index is 1170. The lowest BCUT2D eigenvalue weighted by molar-refractivity contribution is -0.120. The summed E-state index contributed by atoms with van der Waals surface area (Å²) in [5.41, 5.74) is 1.45. The Morgan fingerprint density at radius 3 is 2.46 bits per heavy atom. The number of urea groups is 1. The second kappa shape index (κ2) is 12.9. The molecule has 182 valence electrons. The molecular weight excluding hydrogens is 475 g/mol. The lowest BCUT2D eigenvalue weighted by Crippen LogP contribution is -2.46. The summed E-state index contributed by atoms with van der Waals surface area (Å²) in [5, 5.41) is 11.4. The molecule has 35 heavy (non-hydrogen) atoms. The number of nitrogens with zero attached hydrogens (tertiary/aromatic N) is 2. The Kier molecular flexibility index (Phi) is 9.38. The number of guanidine groups is 1. The van der Waals surface area contributed by atoms with E-state index in [9.17, 15) is 14.0 Å². The molecule has 0 atom stereocenters. The maximum atomic E-state index is 13.3. The lowest BCUT2D eigenvalue weighted by atomic mass is 10.2. The molecule has 1 aromatic heterocycles. The van der Waals surface area contributed by atoms with Crippen molar-refractivity contribution < 1.29 is 18.7 Å². The monoisotopic (exact) mass is 498 g/mol. The van der Waals surface area contributed by atoms with Crippen LogP contribution in [-0.4, -0.2) is 36.5 Å². The zero-order chi connectivity index (χ0) is 25.0. The van der Waals surface area contributed by atoms with E-state index in [1.165, 1.54) is 19.2 Å². The molecule has 3 rings (SSSR count). The van der Waals surface area contributed by atoms with E-state index in [1.54, 1.807) is 42.5 Å². The van der Waals surface area contributed by atoms with E-state index in [0.717, 1.165) is 5.56 Å². The predicted molar refractivity (Wildman–Crippen MR) is 131 cm³/mol. The molecule has 4 N–H and O–H groups in total. The minimum Gasteiger partial charge on any atom is -0.439 e. The number of aliphatic imine (C=N–C) groups is 1. The summed E-state index contributed by atoms with van der Waals surface area (Å²) >= 11 is 5.93. The molecule has 1 heterocycles. The number of carbonyl (C=O) groups is 2. The number of halogens is 2. The fourth-order valence-electron chi connectivity index (χ4n) is 2.75. The van der Waals surface area contributed by atoms with E-state index in [0.29, 0.717) is 23.0 Å². The van der Waals surface area contributed by atoms with Gasteiger partial charge in [-0.25, -0.2) is 9.79 Å². The summed E-state index contributed by atoms with van der Waals surface area (Å²) in [6.07, 6.45) is 0.149. The largest absolute Gasteiger partial charge is 0.439 e. The molecule has 0 aliphatic carbocycles. The number of ether oxygens (including phenoxy) is 1.